The predicted molar refractivity (Wildman–Crippen MR) is 90.0 cm³/mol. The SMILES string of the molecule is Cc1ccn2c3c(nc2c1)CNC(=O)CC3c1cccc2nonc12. The Bertz CT molecular complexity index is 1130. The van der Waals surface area contributed by atoms with E-state index in [2.05, 4.69) is 20.0 Å². The Morgan fingerprint density at radius 1 is 1.28 bits per heavy atom. The topological polar surface area (TPSA) is 85.3 Å². The Kier molecular flexibility index (Phi) is 2.91. The van der Waals surface area contributed by atoms with Crippen LogP contribution in [0.5, 0.6) is 0 Å². The largest absolute Gasteiger partial charge is 0.350 e. The summed E-state index contributed by atoms with van der Waals surface area (Å²) in [6.07, 6.45) is 2.35. The molecule has 1 aromatic carbocycles. The van der Waals surface area contributed by atoms with Crippen LogP contribution in [0.15, 0.2) is 41.2 Å². The van der Waals surface area contributed by atoms with Crippen LogP contribution in [-0.2, 0) is 11.3 Å². The molecule has 4 aromatic rings. The summed E-state index contributed by atoms with van der Waals surface area (Å²) in [7, 11) is 0. The summed E-state index contributed by atoms with van der Waals surface area (Å²) in [4.78, 5) is 17.0. The summed E-state index contributed by atoms with van der Waals surface area (Å²) in [6.45, 7) is 2.47. The van der Waals surface area contributed by atoms with Gasteiger partial charge in [-0.15, -0.1) is 0 Å². The number of hydrogen-bond acceptors (Lipinski definition) is 5. The first-order valence-electron chi connectivity index (χ1n) is 8.16. The molecule has 0 spiro atoms. The molecule has 0 aliphatic carbocycles. The molecule has 1 aliphatic heterocycles. The Morgan fingerprint density at radius 3 is 3.12 bits per heavy atom. The highest BCUT2D eigenvalue weighted by molar-refractivity contribution is 5.82. The molecule has 7 nitrogen and oxygen atoms in total. The Labute approximate surface area is 142 Å². The van der Waals surface area contributed by atoms with Crippen LogP contribution in [0, 0.1) is 6.92 Å². The number of carbonyl (C=O) groups excluding carboxylic acids is 1. The molecule has 0 saturated carbocycles. The first-order chi connectivity index (χ1) is 12.2. The van der Waals surface area contributed by atoms with Crippen molar-refractivity contribution in [3.63, 3.8) is 0 Å². The summed E-state index contributed by atoms with van der Waals surface area (Å²) < 4.78 is 6.97. The van der Waals surface area contributed by atoms with Crippen molar-refractivity contribution in [1.82, 2.24) is 25.0 Å². The number of rotatable bonds is 1. The number of aromatic nitrogens is 4. The third-order valence-corrected chi connectivity index (χ3v) is 4.76. The maximum atomic E-state index is 12.3. The minimum atomic E-state index is -0.161. The molecule has 1 aliphatic rings. The summed E-state index contributed by atoms with van der Waals surface area (Å²) in [5, 5.41) is 10.9. The van der Waals surface area contributed by atoms with Crippen LogP contribution in [0.3, 0.4) is 0 Å². The van der Waals surface area contributed by atoms with Gasteiger partial charge in [0, 0.05) is 18.5 Å². The Morgan fingerprint density at radius 2 is 2.20 bits per heavy atom. The van der Waals surface area contributed by atoms with Crippen molar-refractivity contribution in [2.45, 2.75) is 25.8 Å². The molecule has 25 heavy (non-hydrogen) atoms. The fourth-order valence-electron chi connectivity index (χ4n) is 3.62. The van der Waals surface area contributed by atoms with Gasteiger partial charge in [-0.2, -0.15) is 0 Å². The quantitative estimate of drug-likeness (QED) is 0.578. The zero-order chi connectivity index (χ0) is 17.0. The van der Waals surface area contributed by atoms with Gasteiger partial charge in [0.15, 0.2) is 0 Å². The van der Waals surface area contributed by atoms with E-state index in [0.29, 0.717) is 24.0 Å². The van der Waals surface area contributed by atoms with Gasteiger partial charge in [-0.25, -0.2) is 9.61 Å². The van der Waals surface area contributed by atoms with Gasteiger partial charge in [-0.3, -0.25) is 4.79 Å². The lowest BCUT2D eigenvalue weighted by Gasteiger charge is -2.15. The van der Waals surface area contributed by atoms with Crippen molar-refractivity contribution in [2.75, 3.05) is 0 Å². The number of nitrogens with one attached hydrogen (secondary N) is 1. The van der Waals surface area contributed by atoms with Gasteiger partial charge < -0.3 is 9.72 Å². The van der Waals surface area contributed by atoms with E-state index < -0.39 is 0 Å². The molecule has 4 heterocycles. The van der Waals surface area contributed by atoms with E-state index in [1.165, 1.54) is 0 Å². The Balaban J connectivity index is 1.80. The second-order valence-corrected chi connectivity index (χ2v) is 6.39. The number of pyridine rings is 1. The van der Waals surface area contributed by atoms with Crippen LogP contribution in [0.4, 0.5) is 0 Å². The number of amides is 1. The zero-order valence-corrected chi connectivity index (χ0v) is 13.6. The van der Waals surface area contributed by atoms with Crippen LogP contribution in [0.1, 0.15) is 34.9 Å². The molecule has 5 rings (SSSR count). The summed E-state index contributed by atoms with van der Waals surface area (Å²) in [5.41, 5.74) is 6.24. The Hall–Kier alpha value is -3.22. The third kappa shape index (κ3) is 2.12. The van der Waals surface area contributed by atoms with Gasteiger partial charge >= 0.3 is 0 Å². The van der Waals surface area contributed by atoms with Gasteiger partial charge in [0.05, 0.1) is 17.9 Å². The molecule has 0 saturated heterocycles. The van der Waals surface area contributed by atoms with Crippen molar-refractivity contribution in [2.24, 2.45) is 0 Å². The third-order valence-electron chi connectivity index (χ3n) is 4.76. The molecule has 7 heteroatoms. The second kappa shape index (κ2) is 5.14. The van der Waals surface area contributed by atoms with E-state index in [4.69, 9.17) is 9.61 Å². The van der Waals surface area contributed by atoms with Crippen molar-refractivity contribution in [3.05, 3.63) is 59.0 Å². The van der Waals surface area contributed by atoms with E-state index >= 15 is 0 Å². The summed E-state index contributed by atoms with van der Waals surface area (Å²) in [6, 6.07) is 9.84. The first-order valence-corrected chi connectivity index (χ1v) is 8.16. The van der Waals surface area contributed by atoms with Crippen LogP contribution < -0.4 is 5.32 Å². The number of hydrogen-bond donors (Lipinski definition) is 1. The van der Waals surface area contributed by atoms with Gasteiger partial charge in [-0.05, 0) is 46.6 Å². The highest BCUT2D eigenvalue weighted by Crippen LogP contribution is 2.36. The molecule has 0 bridgehead atoms. The zero-order valence-electron chi connectivity index (χ0n) is 13.6. The highest BCUT2D eigenvalue weighted by Gasteiger charge is 2.30. The van der Waals surface area contributed by atoms with Crippen molar-refractivity contribution in [3.8, 4) is 0 Å². The number of fused-ring (bicyclic) bond motifs is 4. The first kappa shape index (κ1) is 14.2. The number of nitrogens with zero attached hydrogens (tertiary/aromatic N) is 4. The summed E-state index contributed by atoms with van der Waals surface area (Å²) >= 11 is 0. The molecule has 0 radical (unpaired) electrons. The van der Waals surface area contributed by atoms with Crippen LogP contribution >= 0.6 is 0 Å². The second-order valence-electron chi connectivity index (χ2n) is 6.39. The minimum Gasteiger partial charge on any atom is -0.350 e. The van der Waals surface area contributed by atoms with Crippen molar-refractivity contribution in [1.29, 1.82) is 0 Å². The average Bonchev–Trinajstić information content (AvgIpc) is 3.18. The molecule has 3 aromatic heterocycles. The molecule has 1 N–H and O–H groups in total. The van der Waals surface area contributed by atoms with Gasteiger partial charge in [0.2, 0.25) is 5.91 Å². The lowest BCUT2D eigenvalue weighted by atomic mass is 9.90. The summed E-state index contributed by atoms with van der Waals surface area (Å²) in [5.74, 6) is -0.164. The van der Waals surface area contributed by atoms with Crippen molar-refractivity contribution >= 4 is 22.6 Å². The average molecular weight is 333 g/mol. The van der Waals surface area contributed by atoms with Crippen LogP contribution in [0.2, 0.25) is 0 Å². The van der Waals surface area contributed by atoms with E-state index in [1.54, 1.807) is 0 Å². The van der Waals surface area contributed by atoms with Gasteiger partial charge in [-0.1, -0.05) is 12.1 Å². The fraction of sp³-hybridized carbons (Fsp3) is 0.222. The molecule has 0 fully saturated rings. The monoisotopic (exact) mass is 333 g/mol. The maximum absolute atomic E-state index is 12.3. The van der Waals surface area contributed by atoms with E-state index in [0.717, 1.165) is 28.2 Å². The lowest BCUT2D eigenvalue weighted by molar-refractivity contribution is -0.121. The molecule has 124 valence electrons. The molecular weight excluding hydrogens is 318 g/mol. The number of aryl methyl sites for hydroxylation is 1. The van der Waals surface area contributed by atoms with Crippen LogP contribution in [-0.4, -0.2) is 25.6 Å². The smallest absolute Gasteiger partial charge is 0.221 e. The fourth-order valence-corrected chi connectivity index (χ4v) is 3.62. The van der Waals surface area contributed by atoms with Crippen molar-refractivity contribution < 1.29 is 9.42 Å². The lowest BCUT2D eigenvalue weighted by Crippen LogP contribution is -2.21. The standard InChI is InChI=1S/C18H15N5O2/c1-10-5-6-23-15(7-10)20-14-9-19-16(24)8-12(18(14)23)11-3-2-4-13-17(11)22-25-21-13/h2-7,12H,8-9H2,1H3,(H,19,24). The van der Waals surface area contributed by atoms with Crippen LogP contribution in [0.25, 0.3) is 16.7 Å². The van der Waals surface area contributed by atoms with E-state index in [9.17, 15) is 4.79 Å². The number of imidazole rings is 1. The highest BCUT2D eigenvalue weighted by atomic mass is 16.6. The van der Waals surface area contributed by atoms with Gasteiger partial charge in [0.25, 0.3) is 0 Å². The normalized spacial score (nSPS) is 17.5. The predicted octanol–water partition coefficient (Wildman–Crippen LogP) is 2.33. The minimum absolute atomic E-state index is 0.00248. The molecule has 1 amide bonds. The van der Waals surface area contributed by atoms with E-state index in [1.807, 2.05) is 43.5 Å². The molecular formula is C18H15N5O2. The molecule has 1 unspecified atom stereocenters. The number of benzene rings is 1. The van der Waals surface area contributed by atoms with Gasteiger partial charge in [0.1, 0.15) is 16.7 Å². The van der Waals surface area contributed by atoms with E-state index in [-0.39, 0.29) is 11.8 Å². The number of carbonyl (C=O) groups is 1. The molecule has 1 atom stereocenters. The maximum Gasteiger partial charge on any atom is 0.221 e.